The van der Waals surface area contributed by atoms with Gasteiger partial charge in [-0.3, -0.25) is 0 Å². The zero-order chi connectivity index (χ0) is 34.2. The van der Waals surface area contributed by atoms with Gasteiger partial charge in [-0.2, -0.15) is 0 Å². The lowest BCUT2D eigenvalue weighted by Gasteiger charge is -2.36. The van der Waals surface area contributed by atoms with Gasteiger partial charge < -0.3 is 9.47 Å². The molecule has 6 aromatic carbocycles. The Morgan fingerprint density at radius 1 is 0.240 bits per heavy atom. The second kappa shape index (κ2) is 18.3. The van der Waals surface area contributed by atoms with Gasteiger partial charge in [-0.15, -0.1) is 0 Å². The second-order valence-corrected chi connectivity index (χ2v) is 13.1. The van der Waals surface area contributed by atoms with Crippen molar-refractivity contribution in [3.05, 3.63) is 215 Å². The van der Waals surface area contributed by atoms with Crippen LogP contribution >= 0.6 is 0 Å². The normalized spacial score (nSPS) is 11.8. The van der Waals surface area contributed by atoms with E-state index in [4.69, 9.17) is 9.47 Å². The van der Waals surface area contributed by atoms with Crippen molar-refractivity contribution in [2.75, 3.05) is 13.2 Å². The van der Waals surface area contributed by atoms with Crippen LogP contribution in [0.4, 0.5) is 0 Å². The second-order valence-electron chi connectivity index (χ2n) is 13.1. The molecule has 0 saturated carbocycles. The van der Waals surface area contributed by atoms with E-state index in [2.05, 4.69) is 182 Å². The maximum atomic E-state index is 6.97. The molecule has 0 aromatic heterocycles. The summed E-state index contributed by atoms with van der Waals surface area (Å²) >= 11 is 0. The fraction of sp³-hybridized carbons (Fsp3) is 0.250. The third-order valence-corrected chi connectivity index (χ3v) is 9.76. The molecule has 6 aromatic rings. The van der Waals surface area contributed by atoms with Crippen LogP contribution in [0.25, 0.3) is 0 Å². The van der Waals surface area contributed by atoms with Crippen molar-refractivity contribution >= 4 is 0 Å². The molecular formula is C48H50O2. The topological polar surface area (TPSA) is 18.5 Å². The Labute approximate surface area is 299 Å². The average molecular weight is 659 g/mol. The molecule has 0 fully saturated rings. The molecule has 0 atom stereocenters. The van der Waals surface area contributed by atoms with Crippen molar-refractivity contribution in [3.8, 4) is 0 Å². The van der Waals surface area contributed by atoms with Gasteiger partial charge in [0.1, 0.15) is 11.2 Å². The Morgan fingerprint density at radius 3 is 0.620 bits per heavy atom. The van der Waals surface area contributed by atoms with Gasteiger partial charge in [-0.1, -0.05) is 221 Å². The molecule has 2 heteroatoms. The zero-order valence-corrected chi connectivity index (χ0v) is 29.2. The lowest BCUT2D eigenvalue weighted by atomic mass is 9.80. The van der Waals surface area contributed by atoms with Crippen molar-refractivity contribution in [3.63, 3.8) is 0 Å². The predicted octanol–water partition coefficient (Wildman–Crippen LogP) is 12.1. The van der Waals surface area contributed by atoms with E-state index in [9.17, 15) is 0 Å². The van der Waals surface area contributed by atoms with E-state index >= 15 is 0 Å². The van der Waals surface area contributed by atoms with Crippen molar-refractivity contribution in [1.29, 1.82) is 0 Å². The van der Waals surface area contributed by atoms with E-state index in [1.165, 1.54) is 38.5 Å². The number of benzene rings is 6. The molecule has 0 N–H and O–H groups in total. The molecule has 50 heavy (non-hydrogen) atoms. The van der Waals surface area contributed by atoms with Crippen LogP contribution < -0.4 is 0 Å². The summed E-state index contributed by atoms with van der Waals surface area (Å²) in [6.07, 6.45) is 9.40. The van der Waals surface area contributed by atoms with Crippen molar-refractivity contribution < 1.29 is 9.47 Å². The van der Waals surface area contributed by atoms with Crippen LogP contribution in [-0.4, -0.2) is 13.2 Å². The molecule has 0 bridgehead atoms. The summed E-state index contributed by atoms with van der Waals surface area (Å²) in [5.41, 5.74) is 5.70. The largest absolute Gasteiger partial charge is 0.361 e. The van der Waals surface area contributed by atoms with Crippen molar-refractivity contribution in [2.24, 2.45) is 0 Å². The number of hydrogen-bond donors (Lipinski definition) is 0. The number of unbranched alkanes of at least 4 members (excludes halogenated alkanes) is 7. The van der Waals surface area contributed by atoms with E-state index in [-0.39, 0.29) is 0 Å². The smallest absolute Gasteiger partial charge is 0.143 e. The molecule has 6 rings (SSSR count). The van der Waals surface area contributed by atoms with Gasteiger partial charge in [0.15, 0.2) is 0 Å². The van der Waals surface area contributed by atoms with Crippen LogP contribution in [0.15, 0.2) is 182 Å². The molecule has 0 aliphatic heterocycles. The molecular weight excluding hydrogens is 609 g/mol. The Bertz CT molecular complexity index is 1440. The van der Waals surface area contributed by atoms with Gasteiger partial charge in [-0.05, 0) is 46.2 Å². The molecule has 0 unspecified atom stereocenters. The van der Waals surface area contributed by atoms with Gasteiger partial charge in [0, 0.05) is 13.2 Å². The number of ether oxygens (including phenoxy) is 2. The van der Waals surface area contributed by atoms with Crippen LogP contribution in [0, 0.1) is 0 Å². The minimum Gasteiger partial charge on any atom is -0.361 e. The Kier molecular flexibility index (Phi) is 12.8. The van der Waals surface area contributed by atoms with Crippen LogP contribution in [0.3, 0.4) is 0 Å². The van der Waals surface area contributed by atoms with Crippen LogP contribution in [0.1, 0.15) is 84.7 Å². The highest BCUT2D eigenvalue weighted by molar-refractivity contribution is 5.48. The lowest BCUT2D eigenvalue weighted by Crippen LogP contribution is -2.33. The summed E-state index contributed by atoms with van der Waals surface area (Å²) in [6, 6.07) is 64.0. The summed E-state index contributed by atoms with van der Waals surface area (Å²) in [6.45, 7) is 1.42. The molecule has 0 radical (unpaired) electrons. The van der Waals surface area contributed by atoms with Gasteiger partial charge in [0.25, 0.3) is 0 Å². The van der Waals surface area contributed by atoms with E-state index < -0.39 is 11.2 Å². The molecule has 0 spiro atoms. The quantitative estimate of drug-likeness (QED) is 0.0637. The fourth-order valence-corrected chi connectivity index (χ4v) is 7.25. The molecule has 254 valence electrons. The standard InChI is InChI=1S/C48H50O2/c1(3-5-25-39-49-47(41-27-13-7-14-28-41,42-29-15-8-16-30-42)43-31-17-9-18-32-43)2-4-6-26-40-50-48(44-33-19-10-20-34-44,45-35-21-11-22-36-45)46-37-23-12-24-38-46/h7-24,27-38H,1-6,25-26,39-40H2. The fourth-order valence-electron chi connectivity index (χ4n) is 7.25. The lowest BCUT2D eigenvalue weighted by molar-refractivity contribution is 0.0102. The van der Waals surface area contributed by atoms with Gasteiger partial charge in [0.05, 0.1) is 0 Å². The van der Waals surface area contributed by atoms with Crippen molar-refractivity contribution in [2.45, 2.75) is 62.6 Å². The maximum absolute atomic E-state index is 6.97. The Balaban J connectivity index is 0.983. The minimum absolute atomic E-state index is 0.634. The van der Waals surface area contributed by atoms with E-state index in [0.29, 0.717) is 13.2 Å². The van der Waals surface area contributed by atoms with E-state index in [1.807, 2.05) is 0 Å². The molecule has 0 aliphatic rings. The summed E-state index contributed by atoms with van der Waals surface area (Å²) in [7, 11) is 0. The number of rotatable bonds is 19. The average Bonchev–Trinajstić information content (AvgIpc) is 3.20. The monoisotopic (exact) mass is 658 g/mol. The van der Waals surface area contributed by atoms with Crippen LogP contribution in [-0.2, 0) is 20.7 Å². The van der Waals surface area contributed by atoms with Crippen LogP contribution in [0.5, 0.6) is 0 Å². The predicted molar refractivity (Wildman–Crippen MR) is 207 cm³/mol. The molecule has 0 saturated heterocycles. The summed E-state index contributed by atoms with van der Waals surface area (Å²) in [5.74, 6) is 0. The summed E-state index contributed by atoms with van der Waals surface area (Å²) < 4.78 is 13.9. The van der Waals surface area contributed by atoms with Gasteiger partial charge >= 0.3 is 0 Å². The Morgan fingerprint density at radius 2 is 0.420 bits per heavy atom. The van der Waals surface area contributed by atoms with Crippen LogP contribution in [0.2, 0.25) is 0 Å². The highest BCUT2D eigenvalue weighted by Crippen LogP contribution is 2.42. The van der Waals surface area contributed by atoms with E-state index in [0.717, 1.165) is 46.2 Å². The first-order valence-corrected chi connectivity index (χ1v) is 18.4. The highest BCUT2D eigenvalue weighted by Gasteiger charge is 2.38. The van der Waals surface area contributed by atoms with Crippen molar-refractivity contribution in [1.82, 2.24) is 0 Å². The molecule has 0 amide bonds. The molecule has 2 nitrogen and oxygen atoms in total. The molecule has 0 aliphatic carbocycles. The van der Waals surface area contributed by atoms with E-state index in [1.54, 1.807) is 0 Å². The first-order chi connectivity index (χ1) is 24.8. The zero-order valence-electron chi connectivity index (χ0n) is 29.2. The highest BCUT2D eigenvalue weighted by atomic mass is 16.5. The number of hydrogen-bond acceptors (Lipinski definition) is 2. The summed E-state index contributed by atoms with van der Waals surface area (Å²) in [4.78, 5) is 0. The summed E-state index contributed by atoms with van der Waals surface area (Å²) in [5, 5.41) is 0. The minimum atomic E-state index is -0.634. The third-order valence-electron chi connectivity index (χ3n) is 9.76. The Hall–Kier alpha value is -4.76. The first kappa shape index (κ1) is 35.1. The maximum Gasteiger partial charge on any atom is 0.143 e. The molecule has 0 heterocycles. The van der Waals surface area contributed by atoms with Gasteiger partial charge in [-0.25, -0.2) is 0 Å². The SMILES string of the molecule is c1ccc(C(OCCCCCCCCCCOC(c2ccccc2)(c2ccccc2)c2ccccc2)(c2ccccc2)c2ccccc2)cc1. The third kappa shape index (κ3) is 8.33. The first-order valence-electron chi connectivity index (χ1n) is 18.4. The van der Waals surface area contributed by atoms with Gasteiger partial charge in [0.2, 0.25) is 0 Å².